The van der Waals surface area contributed by atoms with Gasteiger partial charge in [0.25, 0.3) is 0 Å². The molecular formula is C11H16N2O. The monoisotopic (exact) mass is 192 g/mol. The van der Waals surface area contributed by atoms with Gasteiger partial charge in [0.1, 0.15) is 0 Å². The summed E-state index contributed by atoms with van der Waals surface area (Å²) < 4.78 is 2.02. The van der Waals surface area contributed by atoms with Gasteiger partial charge in [0.05, 0.1) is 5.69 Å². The van der Waals surface area contributed by atoms with Crippen molar-refractivity contribution in [3.8, 4) is 0 Å². The van der Waals surface area contributed by atoms with E-state index in [1.54, 1.807) is 6.20 Å². The first-order valence-electron chi connectivity index (χ1n) is 5.05. The average molecular weight is 192 g/mol. The minimum absolute atomic E-state index is 0.0833. The van der Waals surface area contributed by atoms with Crippen molar-refractivity contribution in [1.82, 2.24) is 4.57 Å². The van der Waals surface area contributed by atoms with E-state index in [-0.39, 0.29) is 5.43 Å². The normalized spacial score (nSPS) is 18.9. The maximum absolute atomic E-state index is 11.1. The smallest absolute Gasteiger partial charge is 0.204 e. The summed E-state index contributed by atoms with van der Waals surface area (Å²) in [4.78, 5) is 11.1. The van der Waals surface area contributed by atoms with Gasteiger partial charge in [-0.1, -0.05) is 13.3 Å². The summed E-state index contributed by atoms with van der Waals surface area (Å²) in [6.07, 6.45) is 7.44. The number of aromatic nitrogens is 1. The van der Waals surface area contributed by atoms with Crippen LogP contribution >= 0.6 is 0 Å². The van der Waals surface area contributed by atoms with E-state index in [1.807, 2.05) is 10.8 Å². The molecule has 76 valence electrons. The summed E-state index contributed by atoms with van der Waals surface area (Å²) in [6, 6.07) is 1.54. The van der Waals surface area contributed by atoms with Gasteiger partial charge in [0, 0.05) is 25.0 Å². The zero-order valence-corrected chi connectivity index (χ0v) is 8.49. The Balaban J connectivity index is 2.17. The molecule has 1 aromatic heterocycles. The molecule has 3 nitrogen and oxygen atoms in total. The van der Waals surface area contributed by atoms with Crippen molar-refractivity contribution >= 4 is 5.69 Å². The van der Waals surface area contributed by atoms with Crippen molar-refractivity contribution in [3.63, 3.8) is 0 Å². The SMILES string of the molecule is CC1(Cn2ccc(=O)c(N)c2)CCC1. The maximum Gasteiger partial charge on any atom is 0.204 e. The van der Waals surface area contributed by atoms with Gasteiger partial charge in [-0.3, -0.25) is 4.79 Å². The molecule has 1 aliphatic carbocycles. The molecule has 2 rings (SSSR count). The Morgan fingerprint density at radius 1 is 1.57 bits per heavy atom. The van der Waals surface area contributed by atoms with E-state index < -0.39 is 0 Å². The van der Waals surface area contributed by atoms with Crippen LogP contribution in [-0.2, 0) is 6.54 Å². The quantitative estimate of drug-likeness (QED) is 0.774. The predicted octanol–water partition coefficient (Wildman–Crippen LogP) is 1.62. The Kier molecular flexibility index (Phi) is 2.10. The fourth-order valence-electron chi connectivity index (χ4n) is 2.02. The van der Waals surface area contributed by atoms with E-state index in [9.17, 15) is 4.79 Å². The van der Waals surface area contributed by atoms with Crippen molar-refractivity contribution in [2.45, 2.75) is 32.7 Å². The van der Waals surface area contributed by atoms with Crippen LogP contribution in [0.4, 0.5) is 5.69 Å². The van der Waals surface area contributed by atoms with Crippen LogP contribution in [-0.4, -0.2) is 4.57 Å². The molecule has 3 heteroatoms. The van der Waals surface area contributed by atoms with E-state index >= 15 is 0 Å². The second kappa shape index (κ2) is 3.15. The summed E-state index contributed by atoms with van der Waals surface area (Å²) in [6.45, 7) is 3.25. The number of rotatable bonds is 2. The minimum atomic E-state index is -0.0833. The Labute approximate surface area is 83.5 Å². The number of hydrogen-bond acceptors (Lipinski definition) is 2. The standard InChI is InChI=1S/C11H16N2O/c1-11(4-2-5-11)8-13-6-3-10(14)9(12)7-13/h3,6-7H,2,4-5,8,12H2,1H3. The van der Waals surface area contributed by atoms with Gasteiger partial charge in [0.15, 0.2) is 0 Å². The summed E-state index contributed by atoms with van der Waals surface area (Å²) >= 11 is 0. The van der Waals surface area contributed by atoms with Gasteiger partial charge in [-0.15, -0.1) is 0 Å². The Bertz CT molecular complexity index is 391. The zero-order valence-electron chi connectivity index (χ0n) is 8.49. The van der Waals surface area contributed by atoms with Gasteiger partial charge in [-0.2, -0.15) is 0 Å². The van der Waals surface area contributed by atoms with Crippen LogP contribution < -0.4 is 11.2 Å². The molecule has 0 spiro atoms. The van der Waals surface area contributed by atoms with E-state index in [1.165, 1.54) is 25.3 Å². The number of nitrogen functional groups attached to an aromatic ring is 1. The van der Waals surface area contributed by atoms with E-state index in [0.29, 0.717) is 11.1 Å². The van der Waals surface area contributed by atoms with E-state index in [0.717, 1.165) is 6.54 Å². The van der Waals surface area contributed by atoms with Crippen LogP contribution in [0, 0.1) is 5.41 Å². The van der Waals surface area contributed by atoms with Gasteiger partial charge >= 0.3 is 0 Å². The number of anilines is 1. The molecular weight excluding hydrogens is 176 g/mol. The Hall–Kier alpha value is -1.25. The van der Waals surface area contributed by atoms with Crippen molar-refractivity contribution in [2.75, 3.05) is 5.73 Å². The van der Waals surface area contributed by atoms with Crippen LogP contribution in [0.15, 0.2) is 23.3 Å². The molecule has 14 heavy (non-hydrogen) atoms. The molecule has 1 aromatic rings. The van der Waals surface area contributed by atoms with Crippen molar-refractivity contribution in [3.05, 3.63) is 28.7 Å². The molecule has 0 bridgehead atoms. The molecule has 0 aromatic carbocycles. The summed E-state index contributed by atoms with van der Waals surface area (Å²) in [5.74, 6) is 0. The topological polar surface area (TPSA) is 48.0 Å². The highest BCUT2D eigenvalue weighted by Crippen LogP contribution is 2.41. The van der Waals surface area contributed by atoms with Crippen LogP contribution in [0.1, 0.15) is 26.2 Å². The minimum Gasteiger partial charge on any atom is -0.394 e. The van der Waals surface area contributed by atoms with Gasteiger partial charge in [0.2, 0.25) is 5.43 Å². The lowest BCUT2D eigenvalue weighted by atomic mass is 9.70. The largest absolute Gasteiger partial charge is 0.394 e. The molecule has 0 aliphatic heterocycles. The van der Waals surface area contributed by atoms with Gasteiger partial charge < -0.3 is 10.3 Å². The van der Waals surface area contributed by atoms with Gasteiger partial charge in [-0.25, -0.2) is 0 Å². The van der Waals surface area contributed by atoms with Crippen molar-refractivity contribution in [1.29, 1.82) is 0 Å². The van der Waals surface area contributed by atoms with Crippen molar-refractivity contribution in [2.24, 2.45) is 5.41 Å². The third kappa shape index (κ3) is 1.67. The lowest BCUT2D eigenvalue weighted by molar-refractivity contribution is 0.132. The average Bonchev–Trinajstić information content (AvgIpc) is 2.09. The molecule has 1 fully saturated rings. The zero-order chi connectivity index (χ0) is 10.2. The fourth-order valence-corrected chi connectivity index (χ4v) is 2.02. The Morgan fingerprint density at radius 3 is 2.79 bits per heavy atom. The molecule has 1 saturated carbocycles. The fraction of sp³-hybridized carbons (Fsp3) is 0.545. The first-order chi connectivity index (χ1) is 6.59. The molecule has 0 unspecified atom stereocenters. The van der Waals surface area contributed by atoms with Gasteiger partial charge in [-0.05, 0) is 18.3 Å². The molecule has 1 aliphatic rings. The first-order valence-corrected chi connectivity index (χ1v) is 5.05. The van der Waals surface area contributed by atoms with Crippen LogP contribution in [0.25, 0.3) is 0 Å². The molecule has 0 radical (unpaired) electrons. The summed E-state index contributed by atoms with van der Waals surface area (Å²) in [5, 5.41) is 0. The summed E-state index contributed by atoms with van der Waals surface area (Å²) in [7, 11) is 0. The van der Waals surface area contributed by atoms with Crippen LogP contribution in [0.3, 0.4) is 0 Å². The number of nitrogens with two attached hydrogens (primary N) is 1. The predicted molar refractivity (Wildman–Crippen MR) is 57.1 cm³/mol. The number of pyridine rings is 1. The lowest BCUT2D eigenvalue weighted by Crippen LogP contribution is -2.31. The molecule has 2 N–H and O–H groups in total. The number of hydrogen-bond donors (Lipinski definition) is 1. The second-order valence-corrected chi connectivity index (χ2v) is 4.60. The highest BCUT2D eigenvalue weighted by Gasteiger charge is 2.31. The lowest BCUT2D eigenvalue weighted by Gasteiger charge is -2.39. The first kappa shape index (κ1) is 9.31. The maximum atomic E-state index is 11.1. The van der Waals surface area contributed by atoms with Crippen LogP contribution in [0.2, 0.25) is 0 Å². The third-order valence-electron chi connectivity index (χ3n) is 3.13. The third-order valence-corrected chi connectivity index (χ3v) is 3.13. The molecule has 0 atom stereocenters. The van der Waals surface area contributed by atoms with E-state index in [4.69, 9.17) is 5.73 Å². The highest BCUT2D eigenvalue weighted by molar-refractivity contribution is 5.33. The highest BCUT2D eigenvalue weighted by atomic mass is 16.1. The van der Waals surface area contributed by atoms with Crippen LogP contribution in [0.5, 0.6) is 0 Å². The number of nitrogens with zero attached hydrogens (tertiary/aromatic N) is 1. The Morgan fingerprint density at radius 2 is 2.29 bits per heavy atom. The molecule has 0 amide bonds. The second-order valence-electron chi connectivity index (χ2n) is 4.60. The molecule has 0 saturated heterocycles. The summed E-state index contributed by atoms with van der Waals surface area (Å²) in [5.41, 5.74) is 6.24. The molecule has 1 heterocycles. The van der Waals surface area contributed by atoms with E-state index in [2.05, 4.69) is 6.92 Å². The van der Waals surface area contributed by atoms with Crippen molar-refractivity contribution < 1.29 is 0 Å².